The number of para-hydroxylation sites is 1. The van der Waals surface area contributed by atoms with Gasteiger partial charge in [0.15, 0.2) is 0 Å². The van der Waals surface area contributed by atoms with E-state index in [9.17, 15) is 9.59 Å². The van der Waals surface area contributed by atoms with Crippen molar-refractivity contribution in [3.63, 3.8) is 0 Å². The van der Waals surface area contributed by atoms with E-state index in [-0.39, 0.29) is 25.2 Å². The first-order chi connectivity index (χ1) is 13.5. The lowest BCUT2D eigenvalue weighted by molar-refractivity contribution is -0.151. The van der Waals surface area contributed by atoms with Crippen LogP contribution in [0.25, 0.3) is 5.69 Å². The van der Waals surface area contributed by atoms with Crippen LogP contribution in [0.5, 0.6) is 0 Å². The number of benzene rings is 1. The highest BCUT2D eigenvalue weighted by molar-refractivity contribution is 5.79. The number of carbonyl (C=O) groups is 2. The maximum atomic E-state index is 12.7. The molecule has 1 atom stereocenters. The molecule has 8 heteroatoms. The van der Waals surface area contributed by atoms with Gasteiger partial charge in [0.2, 0.25) is 5.91 Å². The Morgan fingerprint density at radius 1 is 1.21 bits per heavy atom. The van der Waals surface area contributed by atoms with E-state index in [0.717, 1.165) is 22.6 Å². The molecule has 1 aliphatic heterocycles. The third-order valence-corrected chi connectivity index (χ3v) is 4.80. The van der Waals surface area contributed by atoms with Gasteiger partial charge in [-0.2, -0.15) is 5.10 Å². The minimum absolute atomic E-state index is 0.184. The molecule has 1 amide bonds. The number of esters is 1. The maximum absolute atomic E-state index is 12.7. The Kier molecular flexibility index (Phi) is 6.43. The number of carbonyl (C=O) groups excluding carboxylic acids is 2. The van der Waals surface area contributed by atoms with Crippen LogP contribution in [0.1, 0.15) is 23.0 Å². The normalized spacial score (nSPS) is 16.8. The van der Waals surface area contributed by atoms with Gasteiger partial charge in [0, 0.05) is 17.8 Å². The predicted molar refractivity (Wildman–Crippen MR) is 101 cm³/mol. The molecule has 0 saturated carbocycles. The van der Waals surface area contributed by atoms with Crippen molar-refractivity contribution in [3.05, 3.63) is 47.3 Å². The zero-order valence-electron chi connectivity index (χ0n) is 16.4. The van der Waals surface area contributed by atoms with Gasteiger partial charge in [-0.25, -0.2) is 9.48 Å². The van der Waals surface area contributed by atoms with Crippen molar-refractivity contribution in [2.45, 2.75) is 19.9 Å². The van der Waals surface area contributed by atoms with Crippen LogP contribution >= 0.6 is 0 Å². The van der Waals surface area contributed by atoms with Gasteiger partial charge in [-0.15, -0.1) is 0 Å². The van der Waals surface area contributed by atoms with Gasteiger partial charge in [-0.05, 0) is 26.0 Å². The molecule has 28 heavy (non-hydrogen) atoms. The molecule has 1 aromatic carbocycles. The van der Waals surface area contributed by atoms with E-state index in [4.69, 9.17) is 9.47 Å². The minimum atomic E-state index is -0.512. The minimum Gasteiger partial charge on any atom is -0.467 e. The van der Waals surface area contributed by atoms with Gasteiger partial charge < -0.3 is 19.1 Å². The van der Waals surface area contributed by atoms with Crippen molar-refractivity contribution in [2.24, 2.45) is 0 Å². The largest absolute Gasteiger partial charge is 0.467 e. The number of rotatable bonds is 6. The monoisotopic (exact) mass is 387 g/mol. The summed E-state index contributed by atoms with van der Waals surface area (Å²) < 4.78 is 17.3. The lowest BCUT2D eigenvalue weighted by atomic mass is 10.0. The zero-order valence-corrected chi connectivity index (χ0v) is 16.4. The molecule has 0 radical (unpaired) electrons. The lowest BCUT2D eigenvalue weighted by Gasteiger charge is -2.36. The van der Waals surface area contributed by atoms with Gasteiger partial charge in [0.25, 0.3) is 0 Å². The number of aromatic nitrogens is 2. The number of methoxy groups -OCH3 is 1. The lowest BCUT2D eigenvalue weighted by Crippen LogP contribution is -2.45. The molecule has 0 N–H and O–H groups in total. The molecule has 0 spiro atoms. The fourth-order valence-electron chi connectivity index (χ4n) is 3.46. The molecule has 2 heterocycles. The number of amides is 1. The van der Waals surface area contributed by atoms with Gasteiger partial charge >= 0.3 is 5.97 Å². The van der Waals surface area contributed by atoms with E-state index < -0.39 is 5.97 Å². The van der Waals surface area contributed by atoms with Gasteiger partial charge in [-0.3, -0.25) is 4.79 Å². The average Bonchev–Trinajstić information content (AvgIpc) is 3.02. The zero-order chi connectivity index (χ0) is 20.1. The van der Waals surface area contributed by atoms with E-state index >= 15 is 0 Å². The summed E-state index contributed by atoms with van der Waals surface area (Å²) in [6.45, 7) is 4.81. The second kappa shape index (κ2) is 8.99. The fourth-order valence-corrected chi connectivity index (χ4v) is 3.46. The fraction of sp³-hybridized carbons (Fsp3) is 0.450. The van der Waals surface area contributed by atoms with Crippen molar-refractivity contribution in [1.29, 1.82) is 0 Å². The Labute approximate surface area is 164 Å². The van der Waals surface area contributed by atoms with Crippen LogP contribution in [-0.4, -0.2) is 66.6 Å². The second-order valence-corrected chi connectivity index (χ2v) is 6.58. The summed E-state index contributed by atoms with van der Waals surface area (Å²) in [4.78, 5) is 25.6. The molecule has 1 saturated heterocycles. The van der Waals surface area contributed by atoms with Crippen LogP contribution in [0.3, 0.4) is 0 Å². The average molecular weight is 387 g/mol. The van der Waals surface area contributed by atoms with Crippen molar-refractivity contribution < 1.29 is 23.8 Å². The van der Waals surface area contributed by atoms with Gasteiger partial charge in [0.1, 0.15) is 13.2 Å². The van der Waals surface area contributed by atoms with E-state index in [2.05, 4.69) is 9.84 Å². The Hall–Kier alpha value is -2.71. The van der Waals surface area contributed by atoms with E-state index in [1.807, 2.05) is 48.9 Å². The van der Waals surface area contributed by atoms with Crippen LogP contribution in [0, 0.1) is 13.8 Å². The molecule has 150 valence electrons. The van der Waals surface area contributed by atoms with Crippen molar-refractivity contribution >= 4 is 11.9 Å². The quantitative estimate of drug-likeness (QED) is 0.700. The Morgan fingerprint density at radius 2 is 1.96 bits per heavy atom. The molecule has 1 fully saturated rings. The van der Waals surface area contributed by atoms with Crippen LogP contribution in [0.15, 0.2) is 30.3 Å². The van der Waals surface area contributed by atoms with Gasteiger partial charge in [-0.1, -0.05) is 18.2 Å². The standard InChI is InChI=1S/C20H25N3O5/c1-14-20(15(2)23(21-14)16-7-5-4-6-8-16)17-11-27-10-9-22(17)18(24)12-28-13-19(25)26-3/h4-8,17H,9-13H2,1-3H3. The molecule has 1 aromatic heterocycles. The first kappa shape index (κ1) is 20.0. The molecule has 3 rings (SSSR count). The number of ether oxygens (including phenoxy) is 3. The number of hydrogen-bond donors (Lipinski definition) is 0. The summed E-state index contributed by atoms with van der Waals surface area (Å²) >= 11 is 0. The molecule has 1 unspecified atom stereocenters. The summed E-state index contributed by atoms with van der Waals surface area (Å²) in [5.74, 6) is -0.703. The van der Waals surface area contributed by atoms with Crippen LogP contribution in [0.4, 0.5) is 0 Å². The molecule has 1 aliphatic rings. The number of nitrogens with zero attached hydrogens (tertiary/aromatic N) is 3. The number of aryl methyl sites for hydroxylation is 1. The summed E-state index contributed by atoms with van der Waals surface area (Å²) in [7, 11) is 1.28. The van der Waals surface area contributed by atoms with Crippen molar-refractivity contribution in [3.8, 4) is 5.69 Å². The third-order valence-electron chi connectivity index (χ3n) is 4.80. The highest BCUT2D eigenvalue weighted by atomic mass is 16.6. The summed E-state index contributed by atoms with van der Waals surface area (Å²) in [6, 6.07) is 9.61. The number of morpholine rings is 1. The molecule has 0 bridgehead atoms. The smallest absolute Gasteiger partial charge is 0.331 e. The van der Waals surface area contributed by atoms with Crippen molar-refractivity contribution in [1.82, 2.24) is 14.7 Å². The summed E-state index contributed by atoms with van der Waals surface area (Å²) in [5, 5.41) is 4.68. The Balaban J connectivity index is 1.81. The Bertz CT molecular complexity index is 834. The maximum Gasteiger partial charge on any atom is 0.331 e. The van der Waals surface area contributed by atoms with Crippen LogP contribution in [-0.2, 0) is 23.8 Å². The summed E-state index contributed by atoms with van der Waals surface area (Å²) in [6.07, 6.45) is 0. The van der Waals surface area contributed by atoms with Crippen LogP contribution < -0.4 is 0 Å². The molecule has 0 aliphatic carbocycles. The number of hydrogen-bond acceptors (Lipinski definition) is 6. The Morgan fingerprint density at radius 3 is 2.68 bits per heavy atom. The molecular weight excluding hydrogens is 362 g/mol. The van der Waals surface area contributed by atoms with E-state index in [1.165, 1.54) is 7.11 Å². The van der Waals surface area contributed by atoms with E-state index in [1.54, 1.807) is 4.90 Å². The van der Waals surface area contributed by atoms with Crippen molar-refractivity contribution in [2.75, 3.05) is 40.1 Å². The molecule has 2 aromatic rings. The highest BCUT2D eigenvalue weighted by Crippen LogP contribution is 2.30. The predicted octanol–water partition coefficient (Wildman–Crippen LogP) is 1.58. The first-order valence-electron chi connectivity index (χ1n) is 9.16. The topological polar surface area (TPSA) is 82.9 Å². The molecule has 8 nitrogen and oxygen atoms in total. The SMILES string of the molecule is COC(=O)COCC(=O)N1CCOCC1c1c(C)nn(-c2ccccc2)c1C. The van der Waals surface area contributed by atoms with Crippen LogP contribution in [0.2, 0.25) is 0 Å². The third kappa shape index (κ3) is 4.23. The first-order valence-corrected chi connectivity index (χ1v) is 9.16. The molecular formula is C20H25N3O5. The highest BCUT2D eigenvalue weighted by Gasteiger charge is 2.33. The van der Waals surface area contributed by atoms with Gasteiger partial charge in [0.05, 0.1) is 37.7 Å². The summed E-state index contributed by atoms with van der Waals surface area (Å²) in [5.41, 5.74) is 3.76. The van der Waals surface area contributed by atoms with E-state index in [0.29, 0.717) is 19.8 Å². The second-order valence-electron chi connectivity index (χ2n) is 6.58.